The number of hydrogen-bond acceptors (Lipinski definition) is 3. The van der Waals surface area contributed by atoms with E-state index >= 15 is 0 Å². The molecule has 2 heterocycles. The summed E-state index contributed by atoms with van der Waals surface area (Å²) in [5.41, 5.74) is 1.23. The van der Waals surface area contributed by atoms with Crippen LogP contribution in [0.2, 0.25) is 0 Å². The van der Waals surface area contributed by atoms with Crippen LogP contribution in [0.1, 0.15) is 5.56 Å². The standard InChI is InChI=1S/C17H19N3O2/c21-17(19-11-6-14-4-2-1-3-5-14)20-12-16(13-20)22-15-7-9-18-10-8-15/h1-5,7-10,16H,6,11-13H2,(H,19,21). The first-order chi connectivity index (χ1) is 10.8. The molecule has 1 saturated heterocycles. The van der Waals surface area contributed by atoms with E-state index in [2.05, 4.69) is 22.4 Å². The van der Waals surface area contributed by atoms with Crippen LogP contribution in [-0.2, 0) is 6.42 Å². The van der Waals surface area contributed by atoms with Crippen molar-refractivity contribution in [2.45, 2.75) is 12.5 Å². The fourth-order valence-corrected chi connectivity index (χ4v) is 2.36. The lowest BCUT2D eigenvalue weighted by atomic mass is 10.1. The highest BCUT2D eigenvalue weighted by Gasteiger charge is 2.32. The first-order valence-electron chi connectivity index (χ1n) is 7.44. The van der Waals surface area contributed by atoms with Crippen molar-refractivity contribution in [1.82, 2.24) is 15.2 Å². The lowest BCUT2D eigenvalue weighted by molar-refractivity contribution is 0.0445. The molecule has 1 aromatic carbocycles. The van der Waals surface area contributed by atoms with Crippen LogP contribution >= 0.6 is 0 Å². The fraction of sp³-hybridized carbons (Fsp3) is 0.294. The van der Waals surface area contributed by atoms with Crippen molar-refractivity contribution in [3.8, 4) is 5.75 Å². The average molecular weight is 297 g/mol. The van der Waals surface area contributed by atoms with E-state index in [1.807, 2.05) is 30.3 Å². The Labute approximate surface area is 129 Å². The van der Waals surface area contributed by atoms with Gasteiger partial charge in [-0.25, -0.2) is 4.79 Å². The van der Waals surface area contributed by atoms with E-state index in [0.717, 1.165) is 12.2 Å². The van der Waals surface area contributed by atoms with Gasteiger partial charge in [0.15, 0.2) is 0 Å². The molecule has 114 valence electrons. The zero-order valence-electron chi connectivity index (χ0n) is 12.3. The number of rotatable bonds is 5. The second-order valence-electron chi connectivity index (χ2n) is 5.30. The Hall–Kier alpha value is -2.56. The molecule has 0 saturated carbocycles. The highest BCUT2D eigenvalue weighted by molar-refractivity contribution is 5.75. The number of aromatic nitrogens is 1. The maximum absolute atomic E-state index is 12.0. The molecule has 5 nitrogen and oxygen atoms in total. The van der Waals surface area contributed by atoms with E-state index in [1.54, 1.807) is 17.3 Å². The molecular weight excluding hydrogens is 278 g/mol. The quantitative estimate of drug-likeness (QED) is 0.919. The van der Waals surface area contributed by atoms with E-state index in [4.69, 9.17) is 4.74 Å². The fourth-order valence-electron chi connectivity index (χ4n) is 2.36. The minimum Gasteiger partial charge on any atom is -0.487 e. The summed E-state index contributed by atoms with van der Waals surface area (Å²) in [6.07, 6.45) is 4.31. The van der Waals surface area contributed by atoms with Crippen molar-refractivity contribution in [3.05, 3.63) is 60.4 Å². The number of likely N-dealkylation sites (tertiary alicyclic amines) is 1. The van der Waals surface area contributed by atoms with Gasteiger partial charge in [0.05, 0.1) is 13.1 Å². The largest absolute Gasteiger partial charge is 0.487 e. The van der Waals surface area contributed by atoms with Gasteiger partial charge in [-0.1, -0.05) is 30.3 Å². The summed E-state index contributed by atoms with van der Waals surface area (Å²) in [6, 6.07) is 13.8. The van der Waals surface area contributed by atoms with Crippen molar-refractivity contribution in [2.75, 3.05) is 19.6 Å². The lowest BCUT2D eigenvalue weighted by Gasteiger charge is -2.38. The number of nitrogens with one attached hydrogen (secondary N) is 1. The van der Waals surface area contributed by atoms with Gasteiger partial charge < -0.3 is 15.0 Å². The van der Waals surface area contributed by atoms with Gasteiger partial charge in [0, 0.05) is 18.9 Å². The molecule has 0 aliphatic carbocycles. The third-order valence-electron chi connectivity index (χ3n) is 3.62. The summed E-state index contributed by atoms with van der Waals surface area (Å²) in [6.45, 7) is 1.90. The predicted octanol–water partition coefficient (Wildman–Crippen LogP) is 2.10. The first-order valence-corrected chi connectivity index (χ1v) is 7.44. The number of carbonyl (C=O) groups is 1. The SMILES string of the molecule is O=C(NCCc1ccccc1)N1CC(Oc2ccncc2)C1. The van der Waals surface area contributed by atoms with Crippen LogP contribution in [0.5, 0.6) is 5.75 Å². The van der Waals surface area contributed by atoms with Crippen LogP contribution in [0.25, 0.3) is 0 Å². The predicted molar refractivity (Wildman–Crippen MR) is 83.8 cm³/mol. The molecule has 0 spiro atoms. The molecule has 0 bridgehead atoms. The van der Waals surface area contributed by atoms with Gasteiger partial charge in [0.2, 0.25) is 0 Å². The molecule has 0 unspecified atom stereocenters. The molecular formula is C17H19N3O2. The third-order valence-corrected chi connectivity index (χ3v) is 3.62. The number of nitrogens with zero attached hydrogens (tertiary/aromatic N) is 2. The van der Waals surface area contributed by atoms with Crippen LogP contribution in [-0.4, -0.2) is 41.7 Å². The first kappa shape index (κ1) is 14.4. The normalized spacial score (nSPS) is 14.3. The van der Waals surface area contributed by atoms with Crippen LogP contribution < -0.4 is 10.1 Å². The summed E-state index contributed by atoms with van der Waals surface area (Å²) in [5, 5.41) is 2.94. The zero-order valence-corrected chi connectivity index (χ0v) is 12.3. The van der Waals surface area contributed by atoms with E-state index in [-0.39, 0.29) is 12.1 Å². The second-order valence-corrected chi connectivity index (χ2v) is 5.30. The lowest BCUT2D eigenvalue weighted by Crippen LogP contribution is -2.59. The Morgan fingerprint density at radius 1 is 1.18 bits per heavy atom. The van der Waals surface area contributed by atoms with E-state index < -0.39 is 0 Å². The van der Waals surface area contributed by atoms with Crippen molar-refractivity contribution < 1.29 is 9.53 Å². The molecule has 1 N–H and O–H groups in total. The molecule has 0 atom stereocenters. The maximum atomic E-state index is 12.0. The van der Waals surface area contributed by atoms with Crippen LogP contribution in [0, 0.1) is 0 Å². The van der Waals surface area contributed by atoms with E-state index in [9.17, 15) is 4.79 Å². The highest BCUT2D eigenvalue weighted by atomic mass is 16.5. The average Bonchev–Trinajstić information content (AvgIpc) is 2.52. The van der Waals surface area contributed by atoms with Gasteiger partial charge in [-0.05, 0) is 24.1 Å². The minimum atomic E-state index is -0.0227. The zero-order chi connectivity index (χ0) is 15.2. The van der Waals surface area contributed by atoms with Crippen LogP contribution in [0.4, 0.5) is 4.79 Å². The van der Waals surface area contributed by atoms with Gasteiger partial charge in [0.25, 0.3) is 0 Å². The van der Waals surface area contributed by atoms with Gasteiger partial charge in [-0.3, -0.25) is 4.98 Å². The Kier molecular flexibility index (Phi) is 4.53. The maximum Gasteiger partial charge on any atom is 0.317 e. The summed E-state index contributed by atoms with van der Waals surface area (Å²) in [5.74, 6) is 0.795. The number of benzene rings is 1. The number of ether oxygens (including phenoxy) is 1. The summed E-state index contributed by atoms with van der Waals surface area (Å²) in [7, 11) is 0. The van der Waals surface area contributed by atoms with E-state index in [0.29, 0.717) is 19.6 Å². The molecule has 1 fully saturated rings. The molecule has 22 heavy (non-hydrogen) atoms. The molecule has 1 aromatic heterocycles. The Morgan fingerprint density at radius 3 is 2.64 bits per heavy atom. The van der Waals surface area contributed by atoms with Crippen molar-refractivity contribution in [2.24, 2.45) is 0 Å². The Bertz CT molecular complexity index is 598. The van der Waals surface area contributed by atoms with Gasteiger partial charge in [-0.15, -0.1) is 0 Å². The van der Waals surface area contributed by atoms with Gasteiger partial charge >= 0.3 is 6.03 Å². The number of pyridine rings is 1. The molecule has 1 aliphatic heterocycles. The molecule has 1 aliphatic rings. The summed E-state index contributed by atoms with van der Waals surface area (Å²) >= 11 is 0. The Balaban J connectivity index is 1.35. The monoisotopic (exact) mass is 297 g/mol. The molecule has 2 amide bonds. The highest BCUT2D eigenvalue weighted by Crippen LogP contribution is 2.16. The molecule has 0 radical (unpaired) electrons. The summed E-state index contributed by atoms with van der Waals surface area (Å²) in [4.78, 5) is 17.7. The van der Waals surface area contributed by atoms with Gasteiger partial charge in [0.1, 0.15) is 11.9 Å². The van der Waals surface area contributed by atoms with E-state index in [1.165, 1.54) is 5.56 Å². The number of hydrogen-bond donors (Lipinski definition) is 1. The van der Waals surface area contributed by atoms with Crippen molar-refractivity contribution in [1.29, 1.82) is 0 Å². The van der Waals surface area contributed by atoms with Crippen LogP contribution in [0.15, 0.2) is 54.9 Å². The second kappa shape index (κ2) is 6.93. The third kappa shape index (κ3) is 3.75. The number of amides is 2. The minimum absolute atomic E-state index is 0.0227. The Morgan fingerprint density at radius 2 is 1.91 bits per heavy atom. The molecule has 5 heteroatoms. The van der Waals surface area contributed by atoms with Crippen molar-refractivity contribution in [3.63, 3.8) is 0 Å². The molecule has 2 aromatic rings. The van der Waals surface area contributed by atoms with Gasteiger partial charge in [-0.2, -0.15) is 0 Å². The van der Waals surface area contributed by atoms with Crippen molar-refractivity contribution >= 4 is 6.03 Å². The number of carbonyl (C=O) groups excluding carboxylic acids is 1. The number of urea groups is 1. The summed E-state index contributed by atoms with van der Waals surface area (Å²) < 4.78 is 5.74. The van der Waals surface area contributed by atoms with Crippen LogP contribution in [0.3, 0.4) is 0 Å². The molecule has 3 rings (SSSR count). The smallest absolute Gasteiger partial charge is 0.317 e. The topological polar surface area (TPSA) is 54.5 Å².